The van der Waals surface area contributed by atoms with Gasteiger partial charge in [0.25, 0.3) is 5.91 Å². The Hall–Kier alpha value is -2.05. The lowest BCUT2D eigenvalue weighted by Crippen LogP contribution is -2.14. The van der Waals surface area contributed by atoms with Crippen LogP contribution in [0.3, 0.4) is 0 Å². The zero-order valence-electron chi connectivity index (χ0n) is 9.64. The number of hydrogen-bond donors (Lipinski definition) is 2. The molecule has 1 aliphatic rings. The first-order valence-corrected chi connectivity index (χ1v) is 6.32. The van der Waals surface area contributed by atoms with Crippen molar-refractivity contribution >= 4 is 27.5 Å². The summed E-state index contributed by atoms with van der Waals surface area (Å²) < 4.78 is 0.631. The minimum absolute atomic E-state index is 0.226. The van der Waals surface area contributed by atoms with E-state index in [0.717, 1.165) is 5.69 Å². The second-order valence-corrected chi connectivity index (χ2v) is 4.74. The molecule has 5 nitrogen and oxygen atoms in total. The predicted octanol–water partition coefficient (Wildman–Crippen LogP) is 2.89. The van der Waals surface area contributed by atoms with Crippen LogP contribution in [0.5, 0.6) is 11.5 Å². The second-order valence-electron chi connectivity index (χ2n) is 3.89. The molecule has 0 spiro atoms. The molecule has 2 aromatic carbocycles. The first-order chi connectivity index (χ1) is 9.24. The average molecular weight is 321 g/mol. The van der Waals surface area contributed by atoms with E-state index in [-0.39, 0.29) is 5.91 Å². The van der Waals surface area contributed by atoms with Gasteiger partial charge in [-0.05, 0) is 28.1 Å². The van der Waals surface area contributed by atoms with E-state index < -0.39 is 0 Å². The number of rotatable bonds is 2. The maximum Gasteiger partial charge on any atom is 0.256 e. The molecule has 1 heterocycles. The molecule has 96 valence electrons. The van der Waals surface area contributed by atoms with Gasteiger partial charge in [-0.2, -0.15) is 0 Å². The number of carbonyl (C=O) groups is 1. The highest BCUT2D eigenvalue weighted by Gasteiger charge is 2.20. The Morgan fingerprint density at radius 1 is 1.11 bits per heavy atom. The van der Waals surface area contributed by atoms with Crippen LogP contribution in [0.4, 0.5) is 5.69 Å². The van der Waals surface area contributed by atoms with Crippen molar-refractivity contribution in [1.29, 1.82) is 0 Å². The Bertz CT molecular complexity index is 631. The second kappa shape index (κ2) is 4.91. The van der Waals surface area contributed by atoms with E-state index in [2.05, 4.69) is 26.9 Å². The first-order valence-electron chi connectivity index (χ1n) is 5.52. The summed E-state index contributed by atoms with van der Waals surface area (Å²) in [6.07, 6.45) is 0. The highest BCUT2D eigenvalue weighted by Crippen LogP contribution is 2.35. The van der Waals surface area contributed by atoms with Crippen LogP contribution in [0, 0.1) is 0 Å². The van der Waals surface area contributed by atoms with E-state index in [1.54, 1.807) is 12.1 Å². The molecule has 0 aliphatic carbocycles. The molecule has 0 unspecified atom stereocenters. The summed E-state index contributed by atoms with van der Waals surface area (Å²) >= 11 is 3.34. The third kappa shape index (κ3) is 2.40. The number of amides is 1. The SMILES string of the molecule is O=C(Nc1ccccc1)c1cc2c(cc1Br)ONO2. The minimum Gasteiger partial charge on any atom is -0.370 e. The summed E-state index contributed by atoms with van der Waals surface area (Å²) in [5.74, 6) is 0.779. The Balaban J connectivity index is 1.88. The van der Waals surface area contributed by atoms with E-state index >= 15 is 0 Å². The molecule has 1 aliphatic heterocycles. The van der Waals surface area contributed by atoms with Gasteiger partial charge < -0.3 is 15.0 Å². The summed E-state index contributed by atoms with van der Waals surface area (Å²) in [5.41, 5.74) is 3.48. The van der Waals surface area contributed by atoms with Crippen LogP contribution in [-0.2, 0) is 0 Å². The molecule has 2 N–H and O–H groups in total. The molecule has 0 radical (unpaired) electrons. The van der Waals surface area contributed by atoms with Crippen molar-refractivity contribution in [2.45, 2.75) is 0 Å². The quantitative estimate of drug-likeness (QED) is 0.893. The Morgan fingerprint density at radius 3 is 2.53 bits per heavy atom. The van der Waals surface area contributed by atoms with Crippen molar-refractivity contribution < 1.29 is 14.5 Å². The Morgan fingerprint density at radius 2 is 1.79 bits per heavy atom. The van der Waals surface area contributed by atoms with Crippen LogP contribution in [0.15, 0.2) is 46.9 Å². The van der Waals surface area contributed by atoms with Crippen molar-refractivity contribution in [3.63, 3.8) is 0 Å². The molecule has 6 heteroatoms. The van der Waals surface area contributed by atoms with Crippen LogP contribution in [0.25, 0.3) is 0 Å². The van der Waals surface area contributed by atoms with Crippen LogP contribution in [0.2, 0.25) is 0 Å². The molecule has 0 saturated carbocycles. The van der Waals surface area contributed by atoms with Gasteiger partial charge >= 0.3 is 0 Å². The number of halogens is 1. The molecule has 0 bridgehead atoms. The van der Waals surface area contributed by atoms with E-state index in [9.17, 15) is 4.79 Å². The van der Waals surface area contributed by atoms with Crippen molar-refractivity contribution in [2.24, 2.45) is 0 Å². The van der Waals surface area contributed by atoms with Crippen molar-refractivity contribution in [2.75, 3.05) is 5.32 Å². The highest BCUT2D eigenvalue weighted by molar-refractivity contribution is 9.10. The van der Waals surface area contributed by atoms with E-state index in [1.807, 2.05) is 30.3 Å². The van der Waals surface area contributed by atoms with Gasteiger partial charge in [0.15, 0.2) is 11.5 Å². The molecular weight excluding hydrogens is 312 g/mol. The smallest absolute Gasteiger partial charge is 0.256 e. The third-order valence-electron chi connectivity index (χ3n) is 2.61. The fraction of sp³-hybridized carbons (Fsp3) is 0. The summed E-state index contributed by atoms with van der Waals surface area (Å²) in [6, 6.07) is 12.5. The molecule has 1 amide bonds. The normalized spacial score (nSPS) is 12.3. The molecule has 0 saturated heterocycles. The topological polar surface area (TPSA) is 59.6 Å². The lowest BCUT2D eigenvalue weighted by atomic mass is 10.2. The van der Waals surface area contributed by atoms with Gasteiger partial charge in [-0.3, -0.25) is 4.79 Å². The number of benzene rings is 2. The molecular formula is C13H9BrN2O3. The van der Waals surface area contributed by atoms with Gasteiger partial charge in [-0.25, -0.2) is 0 Å². The standard InChI is InChI=1S/C13H9BrN2O3/c14-10-7-12-11(18-16-19-12)6-9(10)13(17)15-8-4-2-1-3-5-8/h1-7,16H,(H,15,17). The van der Waals surface area contributed by atoms with Crippen LogP contribution < -0.4 is 20.6 Å². The molecule has 0 atom stereocenters. The average Bonchev–Trinajstić information content (AvgIpc) is 2.86. The first kappa shape index (κ1) is 12.0. The summed E-state index contributed by atoms with van der Waals surface area (Å²) in [4.78, 5) is 22.2. The van der Waals surface area contributed by atoms with Crippen molar-refractivity contribution in [3.05, 3.63) is 52.5 Å². The number of carbonyl (C=O) groups excluding carboxylic acids is 1. The summed E-state index contributed by atoms with van der Waals surface area (Å²) in [5, 5.41) is 2.80. The zero-order chi connectivity index (χ0) is 13.2. The largest absolute Gasteiger partial charge is 0.370 e. The summed E-state index contributed by atoms with van der Waals surface area (Å²) in [6.45, 7) is 0. The molecule has 0 aromatic heterocycles. The van der Waals surface area contributed by atoms with E-state index in [4.69, 9.17) is 9.68 Å². The minimum atomic E-state index is -0.226. The molecule has 0 fully saturated rings. The molecule has 2 aromatic rings. The number of hydrogen-bond acceptors (Lipinski definition) is 4. The predicted molar refractivity (Wildman–Crippen MR) is 72.9 cm³/mol. The van der Waals surface area contributed by atoms with Crippen LogP contribution in [0.1, 0.15) is 10.4 Å². The fourth-order valence-electron chi connectivity index (χ4n) is 1.70. The number of anilines is 1. The summed E-state index contributed by atoms with van der Waals surface area (Å²) in [7, 11) is 0. The number of nitrogens with one attached hydrogen (secondary N) is 2. The monoisotopic (exact) mass is 320 g/mol. The highest BCUT2D eigenvalue weighted by atomic mass is 79.9. The Labute approximate surface area is 117 Å². The third-order valence-corrected chi connectivity index (χ3v) is 3.27. The maximum atomic E-state index is 12.2. The molecule has 3 rings (SSSR count). The van der Waals surface area contributed by atoms with Gasteiger partial charge in [0.1, 0.15) is 0 Å². The van der Waals surface area contributed by atoms with Gasteiger partial charge in [0.05, 0.1) is 5.56 Å². The van der Waals surface area contributed by atoms with Gasteiger partial charge in [-0.1, -0.05) is 18.2 Å². The van der Waals surface area contributed by atoms with Gasteiger partial charge in [-0.15, -0.1) is 0 Å². The van der Waals surface area contributed by atoms with E-state index in [0.29, 0.717) is 21.5 Å². The van der Waals surface area contributed by atoms with Crippen LogP contribution >= 0.6 is 15.9 Å². The maximum absolute atomic E-state index is 12.2. The van der Waals surface area contributed by atoms with Crippen LogP contribution in [-0.4, -0.2) is 5.91 Å². The van der Waals surface area contributed by atoms with Crippen molar-refractivity contribution in [1.82, 2.24) is 5.64 Å². The zero-order valence-corrected chi connectivity index (χ0v) is 11.2. The van der Waals surface area contributed by atoms with Gasteiger partial charge in [0, 0.05) is 27.9 Å². The van der Waals surface area contributed by atoms with E-state index in [1.165, 1.54) is 0 Å². The molecule has 19 heavy (non-hydrogen) atoms. The fourth-order valence-corrected chi connectivity index (χ4v) is 2.20. The van der Waals surface area contributed by atoms with Gasteiger partial charge in [0.2, 0.25) is 0 Å². The Kier molecular flexibility index (Phi) is 3.10. The lowest BCUT2D eigenvalue weighted by Gasteiger charge is -2.07. The number of fused-ring (bicyclic) bond motifs is 1. The lowest BCUT2D eigenvalue weighted by molar-refractivity contribution is 0.0259. The van der Waals surface area contributed by atoms with Crippen molar-refractivity contribution in [3.8, 4) is 11.5 Å². The number of para-hydroxylation sites is 1.